The Kier molecular flexibility index (Phi) is 9.91. The maximum Gasteiger partial charge on any atom is 0.261 e. The van der Waals surface area contributed by atoms with Gasteiger partial charge in [0.1, 0.15) is 11.8 Å². The molecule has 2 atom stereocenters. The molecule has 0 aliphatic heterocycles. The van der Waals surface area contributed by atoms with E-state index in [0.29, 0.717) is 18.7 Å². The van der Waals surface area contributed by atoms with Gasteiger partial charge < -0.3 is 15.0 Å². The summed E-state index contributed by atoms with van der Waals surface area (Å²) in [5.74, 6) is 0.200. The van der Waals surface area contributed by atoms with Gasteiger partial charge in [0.15, 0.2) is 6.61 Å². The van der Waals surface area contributed by atoms with E-state index >= 15 is 0 Å². The van der Waals surface area contributed by atoms with Crippen LogP contribution in [0.1, 0.15) is 37.0 Å². The van der Waals surface area contributed by atoms with E-state index < -0.39 is 6.04 Å². The molecule has 35 heavy (non-hydrogen) atoms. The van der Waals surface area contributed by atoms with Gasteiger partial charge in [0.2, 0.25) is 5.91 Å². The topological polar surface area (TPSA) is 58.6 Å². The maximum absolute atomic E-state index is 13.6. The lowest BCUT2D eigenvalue weighted by atomic mass is 10.0. The van der Waals surface area contributed by atoms with Gasteiger partial charge in [0.05, 0.1) is 0 Å². The van der Waals surface area contributed by atoms with Crippen LogP contribution in [0.3, 0.4) is 0 Å². The van der Waals surface area contributed by atoms with Crippen molar-refractivity contribution in [3.8, 4) is 5.75 Å². The lowest BCUT2D eigenvalue weighted by Gasteiger charge is -2.32. The van der Waals surface area contributed by atoms with Gasteiger partial charge in [-0.15, -0.1) is 0 Å². The number of rotatable bonds is 11. The second-order valence-corrected chi connectivity index (χ2v) is 9.63. The van der Waals surface area contributed by atoms with Gasteiger partial charge in [-0.3, -0.25) is 9.59 Å². The van der Waals surface area contributed by atoms with E-state index in [9.17, 15) is 9.59 Å². The highest BCUT2D eigenvalue weighted by molar-refractivity contribution is 9.10. The van der Waals surface area contributed by atoms with Crippen LogP contribution >= 0.6 is 15.9 Å². The molecule has 2 amide bonds. The van der Waals surface area contributed by atoms with Crippen LogP contribution in [0, 0.1) is 6.92 Å². The van der Waals surface area contributed by atoms with Crippen LogP contribution in [0.15, 0.2) is 83.3 Å². The first-order valence-corrected chi connectivity index (χ1v) is 12.7. The number of aryl methyl sites for hydroxylation is 1. The quantitative estimate of drug-likeness (QED) is 0.342. The number of ether oxygens (including phenoxy) is 1. The number of amides is 2. The normalized spacial score (nSPS) is 12.5. The Morgan fingerprint density at radius 3 is 2.29 bits per heavy atom. The van der Waals surface area contributed by atoms with Crippen LogP contribution in [0.4, 0.5) is 0 Å². The molecule has 0 fully saturated rings. The summed E-state index contributed by atoms with van der Waals surface area (Å²) in [6.07, 6.45) is 1.22. The second kappa shape index (κ2) is 13.1. The predicted molar refractivity (Wildman–Crippen MR) is 143 cm³/mol. The zero-order chi connectivity index (χ0) is 25.2. The van der Waals surface area contributed by atoms with E-state index in [1.807, 2.05) is 87.5 Å². The van der Waals surface area contributed by atoms with Gasteiger partial charge in [-0.2, -0.15) is 0 Å². The van der Waals surface area contributed by atoms with Crippen molar-refractivity contribution in [2.45, 2.75) is 52.2 Å². The van der Waals surface area contributed by atoms with Crippen molar-refractivity contribution in [3.05, 3.63) is 100 Å². The Labute approximate surface area is 216 Å². The number of carbonyl (C=O) groups is 2. The molecule has 0 saturated heterocycles. The van der Waals surface area contributed by atoms with Gasteiger partial charge >= 0.3 is 0 Å². The molecule has 0 aromatic heterocycles. The monoisotopic (exact) mass is 536 g/mol. The highest BCUT2D eigenvalue weighted by atomic mass is 79.9. The summed E-state index contributed by atoms with van der Waals surface area (Å²) >= 11 is 3.41. The number of hydrogen-bond acceptors (Lipinski definition) is 3. The molecule has 1 N–H and O–H groups in total. The standard InChI is InChI=1S/C29H33BrN2O3/c1-4-22(3)31-29(34)27(18-23-11-6-5-7-12-23)32(19-24-13-9-8-10-21(24)2)28(33)20-35-26-16-14-25(30)15-17-26/h5-17,22,27H,4,18-20H2,1-3H3,(H,31,34). The predicted octanol–water partition coefficient (Wildman–Crippen LogP) is 5.69. The van der Waals surface area contributed by atoms with Gasteiger partial charge in [-0.1, -0.05) is 77.5 Å². The number of hydrogen-bond donors (Lipinski definition) is 1. The summed E-state index contributed by atoms with van der Waals surface area (Å²) in [7, 11) is 0. The molecule has 2 unspecified atom stereocenters. The molecule has 0 heterocycles. The number of halogens is 1. The summed E-state index contributed by atoms with van der Waals surface area (Å²) in [5, 5.41) is 3.09. The highest BCUT2D eigenvalue weighted by Crippen LogP contribution is 2.19. The Morgan fingerprint density at radius 2 is 1.63 bits per heavy atom. The molecule has 0 spiro atoms. The largest absolute Gasteiger partial charge is 0.484 e. The maximum atomic E-state index is 13.6. The second-order valence-electron chi connectivity index (χ2n) is 8.71. The molecule has 0 aliphatic rings. The van der Waals surface area contributed by atoms with E-state index in [4.69, 9.17) is 4.74 Å². The van der Waals surface area contributed by atoms with E-state index in [2.05, 4.69) is 21.2 Å². The van der Waals surface area contributed by atoms with Crippen molar-refractivity contribution in [2.75, 3.05) is 6.61 Å². The zero-order valence-corrected chi connectivity index (χ0v) is 22.1. The molecule has 0 bridgehead atoms. The van der Waals surface area contributed by atoms with Crippen molar-refractivity contribution in [3.63, 3.8) is 0 Å². The minimum atomic E-state index is -0.674. The molecule has 184 valence electrons. The van der Waals surface area contributed by atoms with E-state index in [1.165, 1.54) is 0 Å². The molecule has 0 saturated carbocycles. The molecular formula is C29H33BrN2O3. The fourth-order valence-corrected chi connectivity index (χ4v) is 3.99. The fourth-order valence-electron chi connectivity index (χ4n) is 3.72. The first kappa shape index (κ1) is 26.5. The fraction of sp³-hybridized carbons (Fsp3) is 0.310. The van der Waals surface area contributed by atoms with Gasteiger partial charge in [-0.25, -0.2) is 0 Å². The van der Waals surface area contributed by atoms with Crippen molar-refractivity contribution in [1.82, 2.24) is 10.2 Å². The van der Waals surface area contributed by atoms with Crippen LogP contribution in [-0.4, -0.2) is 35.4 Å². The lowest BCUT2D eigenvalue weighted by molar-refractivity contribution is -0.143. The SMILES string of the molecule is CCC(C)NC(=O)C(Cc1ccccc1)N(Cc1ccccc1C)C(=O)COc1ccc(Br)cc1. The van der Waals surface area contributed by atoms with E-state index in [-0.39, 0.29) is 24.5 Å². The first-order valence-electron chi connectivity index (χ1n) is 11.9. The molecule has 6 heteroatoms. The number of nitrogens with zero attached hydrogens (tertiary/aromatic N) is 1. The molecule has 3 aromatic rings. The minimum Gasteiger partial charge on any atom is -0.484 e. The minimum absolute atomic E-state index is 0.00945. The molecule has 5 nitrogen and oxygen atoms in total. The van der Waals surface area contributed by atoms with Gasteiger partial charge in [0.25, 0.3) is 5.91 Å². The van der Waals surface area contributed by atoms with Crippen LogP contribution in [-0.2, 0) is 22.6 Å². The van der Waals surface area contributed by atoms with Crippen molar-refractivity contribution < 1.29 is 14.3 Å². The first-order chi connectivity index (χ1) is 16.9. The van der Waals surface area contributed by atoms with E-state index in [0.717, 1.165) is 27.6 Å². The smallest absolute Gasteiger partial charge is 0.261 e. The summed E-state index contributed by atoms with van der Waals surface area (Å²) < 4.78 is 6.74. The Bertz CT molecular complexity index is 1100. The van der Waals surface area contributed by atoms with Crippen LogP contribution in [0.5, 0.6) is 5.75 Å². The van der Waals surface area contributed by atoms with E-state index in [1.54, 1.807) is 17.0 Å². The van der Waals surface area contributed by atoms with Crippen LogP contribution < -0.4 is 10.1 Å². The molecule has 3 aromatic carbocycles. The lowest BCUT2D eigenvalue weighted by Crippen LogP contribution is -2.53. The highest BCUT2D eigenvalue weighted by Gasteiger charge is 2.31. The number of carbonyl (C=O) groups excluding carboxylic acids is 2. The molecule has 0 radical (unpaired) electrons. The summed E-state index contributed by atoms with van der Waals surface area (Å²) in [6.45, 7) is 6.18. The van der Waals surface area contributed by atoms with Crippen molar-refractivity contribution in [1.29, 1.82) is 0 Å². The third kappa shape index (κ3) is 7.96. The zero-order valence-electron chi connectivity index (χ0n) is 20.5. The summed E-state index contributed by atoms with van der Waals surface area (Å²) in [5.41, 5.74) is 3.06. The van der Waals surface area contributed by atoms with Gasteiger partial charge in [0, 0.05) is 23.5 Å². The molecule has 0 aliphatic carbocycles. The number of benzene rings is 3. The van der Waals surface area contributed by atoms with Crippen LogP contribution in [0.25, 0.3) is 0 Å². The number of nitrogens with one attached hydrogen (secondary N) is 1. The van der Waals surface area contributed by atoms with Gasteiger partial charge in [-0.05, 0) is 61.2 Å². The molecular weight excluding hydrogens is 504 g/mol. The Balaban J connectivity index is 1.91. The third-order valence-corrected chi connectivity index (χ3v) is 6.58. The van der Waals surface area contributed by atoms with Crippen molar-refractivity contribution in [2.24, 2.45) is 0 Å². The Morgan fingerprint density at radius 1 is 0.971 bits per heavy atom. The average Bonchev–Trinajstić information content (AvgIpc) is 2.87. The third-order valence-electron chi connectivity index (χ3n) is 6.05. The molecule has 3 rings (SSSR count). The van der Waals surface area contributed by atoms with Crippen LogP contribution in [0.2, 0.25) is 0 Å². The average molecular weight is 537 g/mol. The summed E-state index contributed by atoms with van der Waals surface area (Å²) in [6, 6.07) is 24.4. The summed E-state index contributed by atoms with van der Waals surface area (Å²) in [4.78, 5) is 28.8. The Hall–Kier alpha value is -3.12. The van der Waals surface area contributed by atoms with Crippen molar-refractivity contribution >= 4 is 27.7 Å².